The van der Waals surface area contributed by atoms with Crippen LogP contribution in [-0.4, -0.2) is 29.3 Å². The fourth-order valence-electron chi connectivity index (χ4n) is 2.24. The Labute approximate surface area is 148 Å². The largest absolute Gasteiger partial charge is 0.506 e. The second-order valence-corrected chi connectivity index (χ2v) is 5.67. The fourth-order valence-corrected chi connectivity index (χ4v) is 2.67. The molecular formula is C16H13Cl2N3O3. The normalized spacial score (nSPS) is 10.7. The number of anilines is 2. The minimum atomic E-state index is -0.0822. The van der Waals surface area contributed by atoms with Crippen molar-refractivity contribution in [1.29, 1.82) is 0 Å². The molecule has 0 spiro atoms. The Hall–Kier alpha value is -2.44. The van der Waals surface area contributed by atoms with Crippen molar-refractivity contribution in [1.82, 2.24) is 9.97 Å². The Kier molecular flexibility index (Phi) is 4.51. The van der Waals surface area contributed by atoms with Crippen molar-refractivity contribution in [2.24, 2.45) is 0 Å². The summed E-state index contributed by atoms with van der Waals surface area (Å²) >= 11 is 12.0. The van der Waals surface area contributed by atoms with Gasteiger partial charge in [0.05, 0.1) is 35.5 Å². The van der Waals surface area contributed by atoms with Crippen molar-refractivity contribution in [2.45, 2.75) is 0 Å². The van der Waals surface area contributed by atoms with Gasteiger partial charge in [0.15, 0.2) is 11.5 Å². The van der Waals surface area contributed by atoms with Crippen LogP contribution in [0.15, 0.2) is 30.6 Å². The Morgan fingerprint density at radius 2 is 1.67 bits per heavy atom. The molecule has 8 heteroatoms. The first kappa shape index (κ1) is 16.4. The molecule has 6 nitrogen and oxygen atoms in total. The number of hydrogen-bond donors (Lipinski definition) is 2. The van der Waals surface area contributed by atoms with Gasteiger partial charge in [-0.2, -0.15) is 0 Å². The highest BCUT2D eigenvalue weighted by atomic mass is 35.5. The van der Waals surface area contributed by atoms with Crippen molar-refractivity contribution in [3.05, 3.63) is 40.6 Å². The van der Waals surface area contributed by atoms with Gasteiger partial charge >= 0.3 is 0 Å². The van der Waals surface area contributed by atoms with Gasteiger partial charge < -0.3 is 19.9 Å². The van der Waals surface area contributed by atoms with Gasteiger partial charge in [-0.1, -0.05) is 23.2 Å². The maximum Gasteiger partial charge on any atom is 0.162 e. The highest BCUT2D eigenvalue weighted by molar-refractivity contribution is 6.37. The molecule has 1 aromatic heterocycles. The van der Waals surface area contributed by atoms with E-state index in [0.29, 0.717) is 38.9 Å². The van der Waals surface area contributed by atoms with Crippen molar-refractivity contribution < 1.29 is 14.6 Å². The molecule has 2 N–H and O–H groups in total. The van der Waals surface area contributed by atoms with E-state index in [-0.39, 0.29) is 10.8 Å². The molecule has 24 heavy (non-hydrogen) atoms. The summed E-state index contributed by atoms with van der Waals surface area (Å²) in [7, 11) is 3.11. The van der Waals surface area contributed by atoms with Crippen LogP contribution in [0.1, 0.15) is 0 Å². The van der Waals surface area contributed by atoms with Crippen LogP contribution in [0.25, 0.3) is 10.9 Å². The number of nitrogens with zero attached hydrogens (tertiary/aromatic N) is 2. The predicted octanol–water partition coefficient (Wildman–Crippen LogP) is 4.40. The number of ether oxygens (including phenoxy) is 2. The Morgan fingerprint density at radius 3 is 2.38 bits per heavy atom. The summed E-state index contributed by atoms with van der Waals surface area (Å²) in [5.74, 6) is 1.54. The van der Waals surface area contributed by atoms with E-state index in [0.717, 1.165) is 0 Å². The number of nitrogens with one attached hydrogen (secondary N) is 1. The molecule has 0 unspecified atom stereocenters. The molecule has 0 radical (unpaired) electrons. The van der Waals surface area contributed by atoms with Gasteiger partial charge in [0, 0.05) is 17.5 Å². The minimum absolute atomic E-state index is 0.0822. The summed E-state index contributed by atoms with van der Waals surface area (Å²) in [5, 5.41) is 14.1. The number of benzene rings is 2. The molecule has 0 aliphatic rings. The van der Waals surface area contributed by atoms with Crippen LogP contribution in [0.4, 0.5) is 11.5 Å². The van der Waals surface area contributed by atoms with Crippen LogP contribution in [0.2, 0.25) is 10.0 Å². The Morgan fingerprint density at radius 1 is 0.958 bits per heavy atom. The zero-order valence-electron chi connectivity index (χ0n) is 12.8. The molecule has 0 atom stereocenters. The van der Waals surface area contributed by atoms with Gasteiger partial charge in [0.25, 0.3) is 0 Å². The lowest BCUT2D eigenvalue weighted by atomic mass is 10.2. The van der Waals surface area contributed by atoms with Crippen molar-refractivity contribution in [2.75, 3.05) is 19.5 Å². The van der Waals surface area contributed by atoms with Gasteiger partial charge in [-0.15, -0.1) is 0 Å². The molecule has 0 fully saturated rings. The first-order valence-electron chi connectivity index (χ1n) is 6.85. The lowest BCUT2D eigenvalue weighted by Gasteiger charge is -2.13. The SMILES string of the molecule is COc1cc2ncnc(Nc3cc(O)c(Cl)cc3Cl)c2cc1OC. The van der Waals surface area contributed by atoms with E-state index in [2.05, 4.69) is 15.3 Å². The number of aromatic hydroxyl groups is 1. The third-order valence-corrected chi connectivity index (χ3v) is 4.05. The molecule has 3 rings (SSSR count). The maximum absolute atomic E-state index is 9.77. The number of fused-ring (bicyclic) bond motifs is 1. The highest BCUT2D eigenvalue weighted by Gasteiger charge is 2.13. The van der Waals surface area contributed by atoms with Crippen LogP contribution < -0.4 is 14.8 Å². The van der Waals surface area contributed by atoms with Crippen molar-refractivity contribution in [3.8, 4) is 17.2 Å². The predicted molar refractivity (Wildman–Crippen MR) is 94.1 cm³/mol. The summed E-state index contributed by atoms with van der Waals surface area (Å²) in [5.41, 5.74) is 1.13. The van der Waals surface area contributed by atoms with Crippen molar-refractivity contribution >= 4 is 45.6 Å². The lowest BCUT2D eigenvalue weighted by Crippen LogP contribution is -1.98. The second-order valence-electron chi connectivity index (χ2n) is 4.86. The van der Waals surface area contributed by atoms with E-state index < -0.39 is 0 Å². The van der Waals surface area contributed by atoms with Crippen LogP contribution in [0.5, 0.6) is 17.2 Å². The molecule has 0 bridgehead atoms. The molecule has 0 amide bonds. The summed E-state index contributed by atoms with van der Waals surface area (Å²) in [4.78, 5) is 8.47. The number of aromatic nitrogens is 2. The molecular weight excluding hydrogens is 353 g/mol. The summed E-state index contributed by atoms with van der Waals surface area (Å²) in [6.45, 7) is 0. The number of halogens is 2. The smallest absolute Gasteiger partial charge is 0.162 e. The van der Waals surface area contributed by atoms with Gasteiger partial charge in [-0.25, -0.2) is 9.97 Å². The molecule has 0 saturated heterocycles. The maximum atomic E-state index is 9.77. The first-order valence-corrected chi connectivity index (χ1v) is 7.61. The monoisotopic (exact) mass is 365 g/mol. The summed E-state index contributed by atoms with van der Waals surface area (Å²) in [6.07, 6.45) is 1.42. The molecule has 124 valence electrons. The molecule has 2 aromatic carbocycles. The number of phenolic OH excluding ortho intramolecular Hbond substituents is 1. The number of hydrogen-bond acceptors (Lipinski definition) is 6. The van der Waals surface area contributed by atoms with Crippen molar-refractivity contribution in [3.63, 3.8) is 0 Å². The molecule has 0 aliphatic heterocycles. The molecule has 1 heterocycles. The van der Waals surface area contributed by atoms with Gasteiger partial charge in [-0.05, 0) is 12.1 Å². The third kappa shape index (κ3) is 2.98. The number of phenols is 1. The average Bonchev–Trinajstić information content (AvgIpc) is 2.58. The van der Waals surface area contributed by atoms with Crippen LogP contribution in [0, 0.1) is 0 Å². The zero-order chi connectivity index (χ0) is 17.3. The molecule has 3 aromatic rings. The highest BCUT2D eigenvalue weighted by Crippen LogP contribution is 2.37. The first-order chi connectivity index (χ1) is 11.5. The quantitative estimate of drug-likeness (QED) is 0.713. The lowest BCUT2D eigenvalue weighted by molar-refractivity contribution is 0.356. The van der Waals surface area contributed by atoms with E-state index in [1.165, 1.54) is 18.5 Å². The van der Waals surface area contributed by atoms with Gasteiger partial charge in [0.2, 0.25) is 0 Å². The van der Waals surface area contributed by atoms with Gasteiger partial charge in [-0.3, -0.25) is 0 Å². The second kappa shape index (κ2) is 6.59. The Bertz CT molecular complexity index is 919. The summed E-state index contributed by atoms with van der Waals surface area (Å²) in [6, 6.07) is 6.40. The third-order valence-electron chi connectivity index (χ3n) is 3.43. The fraction of sp³-hybridized carbons (Fsp3) is 0.125. The average molecular weight is 366 g/mol. The zero-order valence-corrected chi connectivity index (χ0v) is 14.3. The minimum Gasteiger partial charge on any atom is -0.506 e. The van der Waals surface area contributed by atoms with Crippen LogP contribution in [-0.2, 0) is 0 Å². The van der Waals surface area contributed by atoms with E-state index in [1.54, 1.807) is 26.4 Å². The summed E-state index contributed by atoms with van der Waals surface area (Å²) < 4.78 is 10.6. The number of rotatable bonds is 4. The van der Waals surface area contributed by atoms with Gasteiger partial charge in [0.1, 0.15) is 17.9 Å². The molecule has 0 saturated carbocycles. The van der Waals surface area contributed by atoms with Crippen LogP contribution >= 0.6 is 23.2 Å². The standard InChI is InChI=1S/C16H13Cl2N3O3/c1-23-14-3-8-11(6-15(14)24-2)19-7-20-16(8)21-12-5-13(22)10(18)4-9(12)17/h3-7,22H,1-2H3,(H,19,20,21). The van der Waals surface area contributed by atoms with E-state index in [4.69, 9.17) is 32.7 Å². The van der Waals surface area contributed by atoms with E-state index >= 15 is 0 Å². The number of methoxy groups -OCH3 is 2. The van der Waals surface area contributed by atoms with E-state index in [1.807, 2.05) is 0 Å². The van der Waals surface area contributed by atoms with E-state index in [9.17, 15) is 5.11 Å². The molecule has 0 aliphatic carbocycles. The Balaban J connectivity index is 2.11. The topological polar surface area (TPSA) is 76.5 Å². The van der Waals surface area contributed by atoms with Crippen LogP contribution in [0.3, 0.4) is 0 Å².